The Bertz CT molecular complexity index is 699. The Kier molecular flexibility index (Phi) is 4.32. The fraction of sp³-hybridized carbons (Fsp3) is 0.143. The predicted molar refractivity (Wildman–Crippen MR) is 78.2 cm³/mol. The van der Waals surface area contributed by atoms with Gasteiger partial charge in [-0.25, -0.2) is 8.42 Å². The summed E-state index contributed by atoms with van der Waals surface area (Å²) in [5.41, 5.74) is 0.834. The lowest BCUT2D eigenvalue weighted by atomic mass is 10.2. The molecule has 0 atom stereocenters. The fourth-order valence-corrected chi connectivity index (χ4v) is 3.08. The number of aromatic hydroxyl groups is 1. The molecule has 106 valence electrons. The summed E-state index contributed by atoms with van der Waals surface area (Å²) in [6.45, 7) is 0.231. The summed E-state index contributed by atoms with van der Waals surface area (Å²) >= 11 is 5.79. The first-order valence-corrected chi connectivity index (χ1v) is 7.71. The zero-order valence-corrected chi connectivity index (χ0v) is 12.4. The van der Waals surface area contributed by atoms with Gasteiger partial charge in [0.05, 0.1) is 4.90 Å². The minimum Gasteiger partial charge on any atom is -0.508 e. The molecule has 0 saturated carbocycles. The SMILES string of the molecule is CN(Cc1ccc(Cl)cc1)S(=O)(=O)c1cccc(O)c1. The van der Waals surface area contributed by atoms with Gasteiger partial charge in [-0.2, -0.15) is 4.31 Å². The van der Waals surface area contributed by atoms with E-state index in [-0.39, 0.29) is 17.2 Å². The van der Waals surface area contributed by atoms with E-state index in [0.717, 1.165) is 5.56 Å². The van der Waals surface area contributed by atoms with Crippen molar-refractivity contribution in [3.63, 3.8) is 0 Å². The van der Waals surface area contributed by atoms with Crippen LogP contribution in [0.3, 0.4) is 0 Å². The molecule has 0 heterocycles. The van der Waals surface area contributed by atoms with Crippen molar-refractivity contribution in [1.29, 1.82) is 0 Å². The van der Waals surface area contributed by atoms with Crippen molar-refractivity contribution in [3.8, 4) is 5.75 Å². The van der Waals surface area contributed by atoms with Crippen molar-refractivity contribution in [2.24, 2.45) is 0 Å². The second-order valence-electron chi connectivity index (χ2n) is 4.38. The van der Waals surface area contributed by atoms with E-state index < -0.39 is 10.0 Å². The minimum atomic E-state index is -3.63. The number of rotatable bonds is 4. The molecule has 0 aromatic heterocycles. The van der Waals surface area contributed by atoms with E-state index in [2.05, 4.69) is 0 Å². The normalized spacial score (nSPS) is 11.8. The van der Waals surface area contributed by atoms with Gasteiger partial charge in [-0.1, -0.05) is 29.8 Å². The van der Waals surface area contributed by atoms with Gasteiger partial charge in [-0.05, 0) is 35.9 Å². The Balaban J connectivity index is 2.23. The maximum atomic E-state index is 12.3. The van der Waals surface area contributed by atoms with E-state index in [1.807, 2.05) is 0 Å². The Labute approximate surface area is 123 Å². The molecule has 0 aliphatic carbocycles. The molecule has 2 aromatic carbocycles. The van der Waals surface area contributed by atoms with Gasteiger partial charge in [-0.15, -0.1) is 0 Å². The fourth-order valence-electron chi connectivity index (χ4n) is 1.76. The standard InChI is InChI=1S/C14H14ClNO3S/c1-16(10-11-5-7-12(15)8-6-11)20(18,19)14-4-2-3-13(17)9-14/h2-9,17H,10H2,1H3. The quantitative estimate of drug-likeness (QED) is 0.944. The average Bonchev–Trinajstić information content (AvgIpc) is 2.41. The van der Waals surface area contributed by atoms with Crippen LogP contribution in [0.5, 0.6) is 5.75 Å². The maximum absolute atomic E-state index is 12.3. The minimum absolute atomic E-state index is 0.0639. The zero-order chi connectivity index (χ0) is 14.8. The van der Waals surface area contributed by atoms with Crippen LogP contribution in [0, 0.1) is 0 Å². The van der Waals surface area contributed by atoms with Crippen LogP contribution >= 0.6 is 11.6 Å². The molecule has 2 rings (SSSR count). The zero-order valence-electron chi connectivity index (χ0n) is 10.8. The number of hydrogen-bond donors (Lipinski definition) is 1. The van der Waals surface area contributed by atoms with Crippen molar-refractivity contribution in [1.82, 2.24) is 4.31 Å². The van der Waals surface area contributed by atoms with Crippen LogP contribution in [0.15, 0.2) is 53.4 Å². The van der Waals surface area contributed by atoms with Gasteiger partial charge >= 0.3 is 0 Å². The lowest BCUT2D eigenvalue weighted by molar-refractivity contribution is 0.460. The van der Waals surface area contributed by atoms with E-state index in [1.54, 1.807) is 24.3 Å². The molecule has 0 amide bonds. The summed E-state index contributed by atoms with van der Waals surface area (Å²) in [7, 11) is -2.14. The molecule has 0 aliphatic heterocycles. The van der Waals surface area contributed by atoms with Crippen LogP contribution in [0.4, 0.5) is 0 Å². The molecule has 0 saturated heterocycles. The van der Waals surface area contributed by atoms with Gasteiger partial charge in [-0.3, -0.25) is 0 Å². The molecule has 0 fully saturated rings. The summed E-state index contributed by atoms with van der Waals surface area (Å²) in [5, 5.41) is 9.98. The molecule has 0 spiro atoms. The highest BCUT2D eigenvalue weighted by molar-refractivity contribution is 7.89. The van der Waals surface area contributed by atoms with Gasteiger partial charge < -0.3 is 5.11 Å². The molecule has 20 heavy (non-hydrogen) atoms. The molecular formula is C14H14ClNO3S. The maximum Gasteiger partial charge on any atom is 0.243 e. The van der Waals surface area contributed by atoms with Crippen molar-refractivity contribution in [3.05, 3.63) is 59.1 Å². The Hall–Kier alpha value is -1.56. The first-order chi connectivity index (χ1) is 9.39. The van der Waals surface area contributed by atoms with E-state index >= 15 is 0 Å². The summed E-state index contributed by atoms with van der Waals surface area (Å²) in [4.78, 5) is 0.0639. The van der Waals surface area contributed by atoms with E-state index in [1.165, 1.54) is 35.6 Å². The molecule has 2 aromatic rings. The van der Waals surface area contributed by atoms with Crippen LogP contribution in [0.25, 0.3) is 0 Å². The summed E-state index contributed by atoms with van der Waals surface area (Å²) in [6, 6.07) is 12.6. The number of halogens is 1. The summed E-state index contributed by atoms with van der Waals surface area (Å²) in [5.74, 6) is -0.0778. The smallest absolute Gasteiger partial charge is 0.243 e. The monoisotopic (exact) mass is 311 g/mol. The topological polar surface area (TPSA) is 57.6 Å². The highest BCUT2D eigenvalue weighted by Gasteiger charge is 2.21. The third-order valence-corrected chi connectivity index (χ3v) is 4.90. The average molecular weight is 312 g/mol. The van der Waals surface area contributed by atoms with Gasteiger partial charge in [0.15, 0.2) is 0 Å². The van der Waals surface area contributed by atoms with Crippen LogP contribution in [-0.4, -0.2) is 24.9 Å². The highest BCUT2D eigenvalue weighted by Crippen LogP contribution is 2.21. The van der Waals surface area contributed by atoms with Gasteiger partial charge in [0.2, 0.25) is 10.0 Å². The van der Waals surface area contributed by atoms with Crippen molar-refractivity contribution in [2.45, 2.75) is 11.4 Å². The molecule has 0 bridgehead atoms. The molecule has 0 radical (unpaired) electrons. The third kappa shape index (κ3) is 3.30. The second-order valence-corrected chi connectivity index (χ2v) is 6.87. The van der Waals surface area contributed by atoms with Crippen LogP contribution in [0.1, 0.15) is 5.56 Å². The lowest BCUT2D eigenvalue weighted by Crippen LogP contribution is -2.26. The number of phenolic OH excluding ortho intramolecular Hbond substituents is 1. The number of benzene rings is 2. The van der Waals surface area contributed by atoms with E-state index in [0.29, 0.717) is 5.02 Å². The molecule has 4 nitrogen and oxygen atoms in total. The van der Waals surface area contributed by atoms with Crippen LogP contribution in [-0.2, 0) is 16.6 Å². The van der Waals surface area contributed by atoms with Crippen LogP contribution in [0.2, 0.25) is 5.02 Å². The molecule has 0 unspecified atom stereocenters. The molecule has 1 N–H and O–H groups in total. The van der Waals surface area contributed by atoms with E-state index in [9.17, 15) is 13.5 Å². The Morgan fingerprint density at radius 2 is 1.80 bits per heavy atom. The number of phenols is 1. The molecule has 0 aliphatic rings. The van der Waals surface area contributed by atoms with Gasteiger partial charge in [0, 0.05) is 18.6 Å². The highest BCUT2D eigenvalue weighted by atomic mass is 35.5. The van der Waals surface area contributed by atoms with Crippen molar-refractivity contribution < 1.29 is 13.5 Å². The lowest BCUT2D eigenvalue weighted by Gasteiger charge is -2.17. The van der Waals surface area contributed by atoms with Crippen LogP contribution < -0.4 is 0 Å². The largest absolute Gasteiger partial charge is 0.508 e. The first kappa shape index (κ1) is 14.8. The number of sulfonamides is 1. The summed E-state index contributed by atoms with van der Waals surface area (Å²) < 4.78 is 25.9. The number of hydrogen-bond acceptors (Lipinski definition) is 3. The molecular weight excluding hydrogens is 298 g/mol. The van der Waals surface area contributed by atoms with E-state index in [4.69, 9.17) is 11.6 Å². The van der Waals surface area contributed by atoms with Gasteiger partial charge in [0.25, 0.3) is 0 Å². The first-order valence-electron chi connectivity index (χ1n) is 5.89. The summed E-state index contributed by atoms with van der Waals surface area (Å²) in [6.07, 6.45) is 0. The van der Waals surface area contributed by atoms with Gasteiger partial charge in [0.1, 0.15) is 5.75 Å². The predicted octanol–water partition coefficient (Wildman–Crippen LogP) is 2.87. The van der Waals surface area contributed by atoms with Crippen molar-refractivity contribution in [2.75, 3.05) is 7.05 Å². The third-order valence-electron chi connectivity index (χ3n) is 2.84. The Morgan fingerprint density at radius 3 is 2.40 bits per heavy atom. The number of nitrogens with zero attached hydrogens (tertiary/aromatic N) is 1. The second kappa shape index (κ2) is 5.83. The van der Waals surface area contributed by atoms with Crippen molar-refractivity contribution >= 4 is 21.6 Å². The Morgan fingerprint density at radius 1 is 1.15 bits per heavy atom. The molecule has 6 heteroatoms.